The average molecular weight is 388 g/mol. The summed E-state index contributed by atoms with van der Waals surface area (Å²) < 4.78 is 30.2. The summed E-state index contributed by atoms with van der Waals surface area (Å²) >= 11 is 0. The van der Waals surface area contributed by atoms with Crippen LogP contribution in [0.25, 0.3) is 0 Å². The highest BCUT2D eigenvalue weighted by atomic mass is 32.2. The van der Waals surface area contributed by atoms with E-state index in [1.54, 1.807) is 37.3 Å². The van der Waals surface area contributed by atoms with Gasteiger partial charge in [0.05, 0.1) is 0 Å². The molecule has 0 aliphatic carbocycles. The van der Waals surface area contributed by atoms with Gasteiger partial charge in [0, 0.05) is 38.8 Å². The van der Waals surface area contributed by atoms with E-state index in [0.717, 1.165) is 29.9 Å². The van der Waals surface area contributed by atoms with Gasteiger partial charge in [-0.05, 0) is 61.4 Å². The molecule has 0 bridgehead atoms. The SMILES string of the molecule is CC(=O)N1CCN(c2ccc(OS(=O)(=O)c3ccc(C)c(C)c3)cc2)CC1. The van der Waals surface area contributed by atoms with Crippen molar-refractivity contribution in [2.45, 2.75) is 25.7 Å². The van der Waals surface area contributed by atoms with Crippen molar-refractivity contribution in [1.29, 1.82) is 0 Å². The zero-order valence-electron chi connectivity index (χ0n) is 15.8. The van der Waals surface area contributed by atoms with E-state index in [0.29, 0.717) is 13.1 Å². The molecule has 144 valence electrons. The summed E-state index contributed by atoms with van der Waals surface area (Å²) in [5.74, 6) is 0.370. The number of nitrogens with zero attached hydrogens (tertiary/aromatic N) is 2. The fourth-order valence-electron chi connectivity index (χ4n) is 3.04. The van der Waals surface area contributed by atoms with E-state index >= 15 is 0 Å². The Balaban J connectivity index is 1.68. The van der Waals surface area contributed by atoms with Crippen LogP contribution < -0.4 is 9.08 Å². The van der Waals surface area contributed by atoms with E-state index < -0.39 is 10.1 Å². The number of hydrogen-bond acceptors (Lipinski definition) is 5. The summed E-state index contributed by atoms with van der Waals surface area (Å²) in [5, 5.41) is 0. The largest absolute Gasteiger partial charge is 0.379 e. The maximum Gasteiger partial charge on any atom is 0.339 e. The van der Waals surface area contributed by atoms with Crippen LogP contribution in [-0.4, -0.2) is 45.4 Å². The molecule has 27 heavy (non-hydrogen) atoms. The van der Waals surface area contributed by atoms with E-state index in [-0.39, 0.29) is 16.6 Å². The van der Waals surface area contributed by atoms with Crippen LogP contribution >= 0.6 is 0 Å². The fourth-order valence-corrected chi connectivity index (χ4v) is 4.05. The van der Waals surface area contributed by atoms with Crippen LogP contribution in [0.3, 0.4) is 0 Å². The number of piperazine rings is 1. The zero-order chi connectivity index (χ0) is 19.6. The van der Waals surface area contributed by atoms with Crippen molar-refractivity contribution in [3.8, 4) is 5.75 Å². The second-order valence-electron chi connectivity index (χ2n) is 6.77. The first kappa shape index (κ1) is 19.2. The Morgan fingerprint density at radius 3 is 2.11 bits per heavy atom. The van der Waals surface area contributed by atoms with Crippen molar-refractivity contribution in [2.24, 2.45) is 0 Å². The Morgan fingerprint density at radius 1 is 0.926 bits per heavy atom. The maximum atomic E-state index is 12.5. The number of amides is 1. The Kier molecular flexibility index (Phi) is 5.41. The molecule has 3 rings (SSSR count). The molecule has 2 aromatic rings. The van der Waals surface area contributed by atoms with Gasteiger partial charge in [-0.2, -0.15) is 8.42 Å². The van der Waals surface area contributed by atoms with Crippen molar-refractivity contribution >= 4 is 21.7 Å². The van der Waals surface area contributed by atoms with Crippen LogP contribution in [0.5, 0.6) is 5.75 Å². The van der Waals surface area contributed by atoms with Crippen LogP contribution in [-0.2, 0) is 14.9 Å². The van der Waals surface area contributed by atoms with Gasteiger partial charge in [0.25, 0.3) is 0 Å². The smallest absolute Gasteiger partial charge is 0.339 e. The molecule has 1 saturated heterocycles. The molecular weight excluding hydrogens is 364 g/mol. The van der Waals surface area contributed by atoms with Gasteiger partial charge >= 0.3 is 10.1 Å². The van der Waals surface area contributed by atoms with E-state index in [1.165, 1.54) is 0 Å². The molecule has 6 nitrogen and oxygen atoms in total. The minimum Gasteiger partial charge on any atom is -0.379 e. The molecule has 0 aromatic heterocycles. The summed E-state index contributed by atoms with van der Waals surface area (Å²) in [5.41, 5.74) is 2.91. The Hall–Kier alpha value is -2.54. The summed E-state index contributed by atoms with van der Waals surface area (Å²) in [6.45, 7) is 8.26. The minimum atomic E-state index is -3.86. The van der Waals surface area contributed by atoms with Crippen LogP contribution in [0.1, 0.15) is 18.1 Å². The van der Waals surface area contributed by atoms with E-state index in [4.69, 9.17) is 4.18 Å². The Morgan fingerprint density at radius 2 is 1.56 bits per heavy atom. The topological polar surface area (TPSA) is 66.9 Å². The average Bonchev–Trinajstić information content (AvgIpc) is 2.64. The molecule has 1 aliphatic heterocycles. The number of hydrogen-bond donors (Lipinski definition) is 0. The van der Waals surface area contributed by atoms with Crippen molar-refractivity contribution in [3.63, 3.8) is 0 Å². The molecule has 7 heteroatoms. The van der Waals surface area contributed by atoms with Gasteiger partial charge < -0.3 is 14.0 Å². The lowest BCUT2D eigenvalue weighted by molar-refractivity contribution is -0.129. The molecule has 2 aromatic carbocycles. The van der Waals surface area contributed by atoms with Gasteiger partial charge in [0.15, 0.2) is 0 Å². The van der Waals surface area contributed by atoms with Crippen LogP contribution in [0, 0.1) is 13.8 Å². The quantitative estimate of drug-likeness (QED) is 0.754. The lowest BCUT2D eigenvalue weighted by Crippen LogP contribution is -2.48. The monoisotopic (exact) mass is 388 g/mol. The normalized spacial score (nSPS) is 14.9. The van der Waals surface area contributed by atoms with Gasteiger partial charge in [-0.1, -0.05) is 6.07 Å². The lowest BCUT2D eigenvalue weighted by Gasteiger charge is -2.35. The minimum absolute atomic E-state index is 0.0925. The van der Waals surface area contributed by atoms with Crippen molar-refractivity contribution in [2.75, 3.05) is 31.1 Å². The van der Waals surface area contributed by atoms with Crippen LogP contribution in [0.15, 0.2) is 47.4 Å². The zero-order valence-corrected chi connectivity index (χ0v) is 16.6. The molecule has 0 spiro atoms. The molecule has 1 fully saturated rings. The second-order valence-corrected chi connectivity index (χ2v) is 8.32. The number of carbonyl (C=O) groups excluding carboxylic acids is 1. The van der Waals surface area contributed by atoms with Gasteiger partial charge in [0.2, 0.25) is 5.91 Å². The summed E-state index contributed by atoms with van der Waals surface area (Å²) in [6.07, 6.45) is 0. The molecule has 0 atom stereocenters. The Bertz CT molecular complexity index is 931. The number of rotatable bonds is 4. The molecule has 0 saturated carbocycles. The fraction of sp³-hybridized carbons (Fsp3) is 0.350. The first-order valence-electron chi connectivity index (χ1n) is 8.88. The van der Waals surface area contributed by atoms with Crippen LogP contribution in [0.2, 0.25) is 0 Å². The molecule has 0 N–H and O–H groups in total. The van der Waals surface area contributed by atoms with Gasteiger partial charge in [-0.25, -0.2) is 0 Å². The lowest BCUT2D eigenvalue weighted by atomic mass is 10.1. The van der Waals surface area contributed by atoms with Crippen molar-refractivity contribution in [3.05, 3.63) is 53.6 Å². The highest BCUT2D eigenvalue weighted by Crippen LogP contribution is 2.24. The third-order valence-electron chi connectivity index (χ3n) is 4.90. The predicted molar refractivity (Wildman–Crippen MR) is 105 cm³/mol. The highest BCUT2D eigenvalue weighted by molar-refractivity contribution is 7.87. The molecule has 0 radical (unpaired) electrons. The van der Waals surface area contributed by atoms with E-state index in [9.17, 15) is 13.2 Å². The van der Waals surface area contributed by atoms with Gasteiger partial charge in [0.1, 0.15) is 10.6 Å². The Labute approximate surface area is 160 Å². The van der Waals surface area contributed by atoms with Crippen molar-refractivity contribution < 1.29 is 17.4 Å². The van der Waals surface area contributed by atoms with Gasteiger partial charge in [-0.15, -0.1) is 0 Å². The summed E-state index contributed by atoms with van der Waals surface area (Å²) in [4.78, 5) is 15.5. The van der Waals surface area contributed by atoms with Gasteiger partial charge in [-0.3, -0.25) is 4.79 Å². The number of benzene rings is 2. The summed E-state index contributed by atoms with van der Waals surface area (Å²) in [7, 11) is -3.86. The number of anilines is 1. The number of carbonyl (C=O) groups is 1. The third-order valence-corrected chi connectivity index (χ3v) is 6.14. The molecule has 1 amide bonds. The molecule has 1 heterocycles. The highest BCUT2D eigenvalue weighted by Gasteiger charge is 2.20. The maximum absolute atomic E-state index is 12.5. The van der Waals surface area contributed by atoms with Crippen molar-refractivity contribution in [1.82, 2.24) is 4.90 Å². The standard InChI is InChI=1S/C20H24N2O4S/c1-15-4-9-20(14-16(15)2)27(24,25)26-19-7-5-18(6-8-19)22-12-10-21(11-13-22)17(3)23/h4-9,14H,10-13H2,1-3H3. The molecule has 0 unspecified atom stereocenters. The first-order valence-corrected chi connectivity index (χ1v) is 10.3. The third kappa shape index (κ3) is 4.42. The number of aryl methyl sites for hydroxylation is 2. The second kappa shape index (κ2) is 7.60. The first-order chi connectivity index (χ1) is 12.8. The predicted octanol–water partition coefficient (Wildman–Crippen LogP) is 2.74. The van der Waals surface area contributed by atoms with Crippen LogP contribution in [0.4, 0.5) is 5.69 Å². The summed E-state index contributed by atoms with van der Waals surface area (Å²) in [6, 6.07) is 11.9. The van der Waals surface area contributed by atoms with E-state index in [1.807, 2.05) is 30.9 Å². The molecule has 1 aliphatic rings. The molecular formula is C20H24N2O4S. The van der Waals surface area contributed by atoms with E-state index in [2.05, 4.69) is 4.90 Å².